The molecule has 3 rings (SSSR count). The highest BCUT2D eigenvalue weighted by molar-refractivity contribution is 8.02. The zero-order chi connectivity index (χ0) is 14.7. The van der Waals surface area contributed by atoms with E-state index >= 15 is 0 Å². The summed E-state index contributed by atoms with van der Waals surface area (Å²) in [6, 6.07) is 9.86. The smallest absolute Gasteiger partial charge is 0.309 e. The topological polar surface area (TPSA) is 76.0 Å². The maximum atomic E-state index is 10.6. The van der Waals surface area contributed by atoms with Crippen LogP contribution in [0.5, 0.6) is 0 Å². The van der Waals surface area contributed by atoms with Crippen LogP contribution in [0.1, 0.15) is 5.69 Å². The molecule has 0 saturated heterocycles. The number of rotatable bonds is 5. The van der Waals surface area contributed by atoms with Gasteiger partial charge in [-0.25, -0.2) is 4.98 Å². The van der Waals surface area contributed by atoms with Crippen LogP contribution in [0.2, 0.25) is 0 Å². The Hall–Kier alpha value is -1.77. The molecule has 0 bridgehead atoms. The molecule has 2 aromatic heterocycles. The number of benzene rings is 1. The summed E-state index contributed by atoms with van der Waals surface area (Å²) >= 11 is 4.32. The molecule has 0 radical (unpaired) electrons. The number of nitrogens with zero attached hydrogens (tertiary/aromatic N) is 3. The largest absolute Gasteiger partial charge is 0.481 e. The van der Waals surface area contributed by atoms with Crippen molar-refractivity contribution in [2.75, 3.05) is 0 Å². The monoisotopic (exact) mass is 335 g/mol. The van der Waals surface area contributed by atoms with Crippen molar-refractivity contribution in [2.45, 2.75) is 15.1 Å². The van der Waals surface area contributed by atoms with Gasteiger partial charge in [0.1, 0.15) is 5.01 Å². The second-order valence-electron chi connectivity index (χ2n) is 4.02. The molecular formula is C13H9N3O2S3. The number of aliphatic carboxylic acids is 1. The molecule has 21 heavy (non-hydrogen) atoms. The van der Waals surface area contributed by atoms with Gasteiger partial charge < -0.3 is 5.11 Å². The lowest BCUT2D eigenvalue weighted by Crippen LogP contribution is -1.99. The maximum absolute atomic E-state index is 10.6. The molecule has 0 unspecified atom stereocenters. The molecule has 0 amide bonds. The van der Waals surface area contributed by atoms with Gasteiger partial charge in [-0.05, 0) is 11.8 Å². The number of thiazole rings is 1. The van der Waals surface area contributed by atoms with Gasteiger partial charge in [0.05, 0.1) is 12.1 Å². The highest BCUT2D eigenvalue weighted by Gasteiger charge is 2.11. The second kappa shape index (κ2) is 6.33. The molecule has 1 N–H and O–H groups in total. The Balaban J connectivity index is 1.73. The fourth-order valence-electron chi connectivity index (χ4n) is 1.59. The fraction of sp³-hybridized carbons (Fsp3) is 0.0769. The van der Waals surface area contributed by atoms with Crippen molar-refractivity contribution in [3.8, 4) is 10.6 Å². The Bertz CT molecular complexity index is 755. The molecular weight excluding hydrogens is 326 g/mol. The first-order valence-electron chi connectivity index (χ1n) is 5.93. The zero-order valence-corrected chi connectivity index (χ0v) is 13.0. The van der Waals surface area contributed by atoms with Gasteiger partial charge in [-0.3, -0.25) is 4.79 Å². The van der Waals surface area contributed by atoms with Crippen LogP contribution < -0.4 is 0 Å². The zero-order valence-electron chi connectivity index (χ0n) is 10.6. The highest BCUT2D eigenvalue weighted by Crippen LogP contribution is 2.35. The maximum Gasteiger partial charge on any atom is 0.309 e. The summed E-state index contributed by atoms with van der Waals surface area (Å²) in [6.45, 7) is 0. The van der Waals surface area contributed by atoms with Crippen LogP contribution in [-0.4, -0.2) is 26.3 Å². The average molecular weight is 335 g/mol. The van der Waals surface area contributed by atoms with E-state index in [2.05, 4.69) is 15.2 Å². The number of hydrogen-bond donors (Lipinski definition) is 1. The summed E-state index contributed by atoms with van der Waals surface area (Å²) in [6.07, 6.45) is -0.0531. The average Bonchev–Trinajstić information content (AvgIpc) is 3.09. The molecule has 5 nitrogen and oxygen atoms in total. The first-order chi connectivity index (χ1) is 10.2. The van der Waals surface area contributed by atoms with Crippen LogP contribution in [0.15, 0.2) is 44.4 Å². The van der Waals surface area contributed by atoms with E-state index in [1.54, 1.807) is 5.38 Å². The van der Waals surface area contributed by atoms with Gasteiger partial charge in [0, 0.05) is 10.9 Å². The molecule has 8 heteroatoms. The van der Waals surface area contributed by atoms with E-state index in [1.807, 2.05) is 30.3 Å². The van der Waals surface area contributed by atoms with Crippen LogP contribution in [0.25, 0.3) is 10.6 Å². The van der Waals surface area contributed by atoms with E-state index < -0.39 is 5.97 Å². The van der Waals surface area contributed by atoms with Gasteiger partial charge >= 0.3 is 5.97 Å². The van der Waals surface area contributed by atoms with E-state index in [0.29, 0.717) is 5.69 Å². The van der Waals surface area contributed by atoms with E-state index in [0.717, 1.165) is 19.3 Å². The molecule has 0 spiro atoms. The third kappa shape index (κ3) is 3.66. The summed E-state index contributed by atoms with van der Waals surface area (Å²) in [5.74, 6) is -0.876. The molecule has 0 aliphatic heterocycles. The first-order valence-corrected chi connectivity index (χ1v) is 8.45. The molecule has 3 aromatic rings. The van der Waals surface area contributed by atoms with Crippen molar-refractivity contribution in [3.63, 3.8) is 0 Å². The summed E-state index contributed by atoms with van der Waals surface area (Å²) < 4.78 is 1.58. The Morgan fingerprint density at radius 2 is 2.00 bits per heavy atom. The van der Waals surface area contributed by atoms with Crippen molar-refractivity contribution in [2.24, 2.45) is 0 Å². The van der Waals surface area contributed by atoms with Gasteiger partial charge in [0.2, 0.25) is 0 Å². The Kier molecular flexibility index (Phi) is 4.28. The minimum absolute atomic E-state index is 0.0531. The van der Waals surface area contributed by atoms with Crippen LogP contribution in [0.4, 0.5) is 0 Å². The fourth-order valence-corrected chi connectivity index (χ4v) is 4.49. The van der Waals surface area contributed by atoms with Crippen molar-refractivity contribution in [1.29, 1.82) is 0 Å². The Morgan fingerprint density at radius 3 is 2.76 bits per heavy atom. The lowest BCUT2D eigenvalue weighted by Gasteiger charge is -1.91. The summed E-state index contributed by atoms with van der Waals surface area (Å²) in [4.78, 5) is 14.9. The normalized spacial score (nSPS) is 10.7. The van der Waals surface area contributed by atoms with Crippen molar-refractivity contribution in [3.05, 3.63) is 41.4 Å². The summed E-state index contributed by atoms with van der Waals surface area (Å²) in [5.41, 5.74) is 1.61. The molecule has 0 saturated carbocycles. The minimum atomic E-state index is -0.876. The van der Waals surface area contributed by atoms with Crippen molar-refractivity contribution < 1.29 is 9.90 Å². The number of aromatic nitrogens is 3. The Morgan fingerprint density at radius 1 is 1.19 bits per heavy atom. The predicted molar refractivity (Wildman–Crippen MR) is 82.9 cm³/mol. The second-order valence-corrected chi connectivity index (χ2v) is 7.35. The number of carbonyl (C=O) groups is 1. The summed E-state index contributed by atoms with van der Waals surface area (Å²) in [7, 11) is 0. The van der Waals surface area contributed by atoms with Gasteiger partial charge in [-0.15, -0.1) is 21.5 Å². The van der Waals surface area contributed by atoms with Crippen LogP contribution in [0.3, 0.4) is 0 Å². The van der Waals surface area contributed by atoms with Crippen LogP contribution in [-0.2, 0) is 11.2 Å². The SMILES string of the molecule is O=C(O)Cc1csc(Sc2nnc(-c3ccccc3)s2)n1. The van der Waals surface area contributed by atoms with Gasteiger partial charge in [-0.2, -0.15) is 0 Å². The molecule has 2 heterocycles. The molecule has 1 aromatic carbocycles. The van der Waals surface area contributed by atoms with Gasteiger partial charge in [0.15, 0.2) is 8.68 Å². The Labute approximate surface area is 132 Å². The van der Waals surface area contributed by atoms with Crippen LogP contribution in [0, 0.1) is 0 Å². The molecule has 0 aliphatic carbocycles. The highest BCUT2D eigenvalue weighted by atomic mass is 32.2. The van der Waals surface area contributed by atoms with E-state index in [1.165, 1.54) is 34.4 Å². The van der Waals surface area contributed by atoms with Gasteiger partial charge in [-0.1, -0.05) is 41.7 Å². The third-order valence-electron chi connectivity index (χ3n) is 2.46. The lowest BCUT2D eigenvalue weighted by atomic mass is 10.2. The van der Waals surface area contributed by atoms with E-state index in [4.69, 9.17) is 5.11 Å². The first kappa shape index (κ1) is 14.2. The molecule has 106 valence electrons. The standard InChI is InChI=1S/C13H9N3O2S3/c17-10(18)6-9-7-19-12(14-9)21-13-16-15-11(20-13)8-4-2-1-3-5-8/h1-5,7H,6H2,(H,17,18). The molecule has 0 atom stereocenters. The van der Waals surface area contributed by atoms with E-state index in [-0.39, 0.29) is 6.42 Å². The van der Waals surface area contributed by atoms with Gasteiger partial charge in [0.25, 0.3) is 0 Å². The quantitative estimate of drug-likeness (QED) is 0.770. The van der Waals surface area contributed by atoms with Crippen molar-refractivity contribution in [1.82, 2.24) is 15.2 Å². The van der Waals surface area contributed by atoms with Crippen molar-refractivity contribution >= 4 is 40.4 Å². The molecule has 0 aliphatic rings. The minimum Gasteiger partial charge on any atom is -0.481 e. The van der Waals surface area contributed by atoms with E-state index in [9.17, 15) is 4.79 Å². The number of carboxylic acid groups (broad SMARTS) is 1. The molecule has 0 fully saturated rings. The predicted octanol–water partition coefficient (Wildman–Crippen LogP) is 3.44. The number of carboxylic acids is 1. The number of hydrogen-bond acceptors (Lipinski definition) is 7. The third-order valence-corrected chi connectivity index (χ3v) is 5.48. The lowest BCUT2D eigenvalue weighted by molar-refractivity contribution is -0.136. The van der Waals surface area contributed by atoms with Crippen LogP contribution >= 0.6 is 34.4 Å². The summed E-state index contributed by atoms with van der Waals surface area (Å²) in [5, 5.41) is 19.7.